The highest BCUT2D eigenvalue weighted by Crippen LogP contribution is 2.34. The second-order valence-electron chi connectivity index (χ2n) is 14.3. The van der Waals surface area contributed by atoms with Crippen LogP contribution in [0.4, 0.5) is 8.78 Å². The lowest BCUT2D eigenvalue weighted by Crippen LogP contribution is -2.23. The van der Waals surface area contributed by atoms with Crippen LogP contribution in [-0.2, 0) is 23.8 Å². The average Bonchev–Trinajstić information content (AvgIpc) is 3.43. The van der Waals surface area contributed by atoms with Gasteiger partial charge in [-0.05, 0) is 97.6 Å². The van der Waals surface area contributed by atoms with E-state index in [-0.39, 0.29) is 28.2 Å². The van der Waals surface area contributed by atoms with E-state index in [0.717, 1.165) is 77.8 Å². The molecule has 12 heteroatoms. The molecule has 0 amide bonds. The van der Waals surface area contributed by atoms with Gasteiger partial charge < -0.3 is 32.2 Å². The maximum atomic E-state index is 12.5. The van der Waals surface area contributed by atoms with Gasteiger partial charge in [-0.2, -0.15) is 13.8 Å². The SMILES string of the molecule is CC(C)(C)c1cc2cn(-c3ccc(CNCCCN=C(N)N)cc3)c(=O)nc2[nH]1.Cc1c(OC(F)F)cc(CCCCN)cc1C(C)(C)C. The van der Waals surface area contributed by atoms with Gasteiger partial charge >= 0.3 is 12.3 Å². The summed E-state index contributed by atoms with van der Waals surface area (Å²) < 4.78 is 31.3. The number of benzene rings is 2. The lowest BCUT2D eigenvalue weighted by atomic mass is 9.82. The maximum Gasteiger partial charge on any atom is 0.387 e. The largest absolute Gasteiger partial charge is 0.435 e. The number of hydrogen-bond donors (Lipinski definition) is 5. The van der Waals surface area contributed by atoms with Crippen molar-refractivity contribution < 1.29 is 13.5 Å². The predicted octanol–water partition coefficient (Wildman–Crippen LogP) is 5.94. The van der Waals surface area contributed by atoms with E-state index in [2.05, 4.69) is 78.7 Å². The van der Waals surface area contributed by atoms with Crippen LogP contribution in [0.15, 0.2) is 58.4 Å². The molecule has 49 heavy (non-hydrogen) atoms. The smallest absolute Gasteiger partial charge is 0.387 e. The number of halogens is 2. The van der Waals surface area contributed by atoms with Crippen molar-refractivity contribution in [3.63, 3.8) is 0 Å². The van der Waals surface area contributed by atoms with E-state index < -0.39 is 6.61 Å². The Morgan fingerprint density at radius 1 is 1.00 bits per heavy atom. The summed E-state index contributed by atoms with van der Waals surface area (Å²) in [6.45, 7) is 14.5. The summed E-state index contributed by atoms with van der Waals surface area (Å²) >= 11 is 0. The van der Waals surface area contributed by atoms with Gasteiger partial charge in [-0.3, -0.25) is 9.56 Å². The summed E-state index contributed by atoms with van der Waals surface area (Å²) in [5.41, 5.74) is 22.1. The molecular weight excluding hydrogens is 626 g/mol. The van der Waals surface area contributed by atoms with Crippen LogP contribution < -0.4 is 32.9 Å². The van der Waals surface area contributed by atoms with Crippen LogP contribution >= 0.6 is 0 Å². The van der Waals surface area contributed by atoms with Crippen LogP contribution in [0.3, 0.4) is 0 Å². The van der Waals surface area contributed by atoms with Crippen molar-refractivity contribution in [1.82, 2.24) is 19.9 Å². The minimum Gasteiger partial charge on any atom is -0.435 e. The Kier molecular flexibility index (Phi) is 13.9. The van der Waals surface area contributed by atoms with Crippen molar-refractivity contribution in [2.45, 2.75) is 98.1 Å². The predicted molar refractivity (Wildman–Crippen MR) is 196 cm³/mol. The molecule has 0 aliphatic carbocycles. The van der Waals surface area contributed by atoms with Crippen molar-refractivity contribution in [2.24, 2.45) is 22.2 Å². The molecule has 8 N–H and O–H groups in total. The number of ether oxygens (including phenoxy) is 1. The van der Waals surface area contributed by atoms with Crippen LogP contribution in [0.25, 0.3) is 16.7 Å². The minimum atomic E-state index is -2.79. The average molecular weight is 681 g/mol. The summed E-state index contributed by atoms with van der Waals surface area (Å²) in [4.78, 5) is 23.9. The molecule has 0 unspecified atom stereocenters. The molecule has 4 rings (SSSR count). The molecule has 0 saturated heterocycles. The van der Waals surface area contributed by atoms with Gasteiger partial charge in [0.25, 0.3) is 0 Å². The third-order valence-electron chi connectivity index (χ3n) is 8.03. The molecule has 268 valence electrons. The summed E-state index contributed by atoms with van der Waals surface area (Å²) in [7, 11) is 0. The molecule has 0 spiro atoms. The second kappa shape index (κ2) is 17.4. The summed E-state index contributed by atoms with van der Waals surface area (Å²) in [6, 6.07) is 13.8. The van der Waals surface area contributed by atoms with Crippen LogP contribution in [0.1, 0.15) is 88.8 Å². The van der Waals surface area contributed by atoms with E-state index in [0.29, 0.717) is 18.7 Å². The Labute approximate surface area is 288 Å². The van der Waals surface area contributed by atoms with Crippen LogP contribution in [0, 0.1) is 6.92 Å². The van der Waals surface area contributed by atoms with E-state index in [1.807, 2.05) is 37.4 Å². The summed E-state index contributed by atoms with van der Waals surface area (Å²) in [5.74, 6) is 0.410. The molecule has 2 aromatic heterocycles. The highest BCUT2D eigenvalue weighted by molar-refractivity contribution is 5.76. The normalized spacial score (nSPS) is 11.8. The molecule has 0 saturated carbocycles. The molecular formula is C37H54F2N8O2. The Hall–Kier alpha value is -4.29. The fourth-order valence-corrected chi connectivity index (χ4v) is 5.36. The zero-order valence-electron chi connectivity index (χ0n) is 30.0. The van der Waals surface area contributed by atoms with Gasteiger partial charge in [0.05, 0.1) is 5.69 Å². The van der Waals surface area contributed by atoms with Gasteiger partial charge in [-0.15, -0.1) is 0 Å². The molecule has 10 nitrogen and oxygen atoms in total. The number of aliphatic imine (C=N–C) groups is 1. The van der Waals surface area contributed by atoms with Crippen LogP contribution in [0.2, 0.25) is 0 Å². The van der Waals surface area contributed by atoms with Crippen LogP contribution in [0.5, 0.6) is 5.75 Å². The van der Waals surface area contributed by atoms with Gasteiger partial charge in [0.2, 0.25) is 0 Å². The Balaban J connectivity index is 0.000000286. The highest BCUT2D eigenvalue weighted by atomic mass is 19.3. The number of aromatic amines is 1. The fraction of sp³-hybridized carbons (Fsp3) is 0.486. The number of guanidine groups is 1. The van der Waals surface area contributed by atoms with Crippen molar-refractivity contribution >= 4 is 17.0 Å². The first-order valence-corrected chi connectivity index (χ1v) is 16.8. The van der Waals surface area contributed by atoms with E-state index >= 15 is 0 Å². The van der Waals surface area contributed by atoms with Gasteiger partial charge in [-0.1, -0.05) is 59.7 Å². The number of rotatable bonds is 13. The van der Waals surface area contributed by atoms with Crippen molar-refractivity contribution in [3.8, 4) is 11.4 Å². The standard InChI is InChI=1S/C21H29N7O.C16H25F2NO/c1-21(2,3)17-11-15-13-28(20(29)27-18(15)26-17)16-7-5-14(6-8-16)12-24-9-4-10-25-19(22)23;1-11-13(16(2,3)4)9-12(7-5-6-8-19)10-14(11)20-15(17)18/h5-8,11,13,24H,4,9-10,12H2,1-3H3,(H4,22,23,25)(H,26,27,29);9-10,15H,5-8,19H2,1-4H3. The first-order chi connectivity index (χ1) is 23.0. The number of aryl methyl sites for hydroxylation is 1. The molecule has 2 heterocycles. The molecule has 0 aliphatic rings. The van der Waals surface area contributed by atoms with E-state index in [1.54, 1.807) is 10.6 Å². The van der Waals surface area contributed by atoms with E-state index in [4.69, 9.17) is 17.2 Å². The summed E-state index contributed by atoms with van der Waals surface area (Å²) in [6.07, 6.45) is 5.43. The second-order valence-corrected chi connectivity index (χ2v) is 14.3. The quantitative estimate of drug-likeness (QED) is 0.0663. The molecule has 2 aromatic carbocycles. The Morgan fingerprint density at radius 2 is 1.69 bits per heavy atom. The molecule has 0 fully saturated rings. The van der Waals surface area contributed by atoms with Gasteiger partial charge in [0.1, 0.15) is 11.4 Å². The first kappa shape index (κ1) is 39.2. The number of fused-ring (bicyclic) bond motifs is 1. The monoisotopic (exact) mass is 680 g/mol. The van der Waals surface area contributed by atoms with Crippen molar-refractivity contribution in [1.29, 1.82) is 0 Å². The molecule has 0 radical (unpaired) electrons. The number of nitrogens with two attached hydrogens (primary N) is 3. The van der Waals surface area contributed by atoms with Crippen molar-refractivity contribution in [3.05, 3.63) is 87.1 Å². The maximum absolute atomic E-state index is 12.5. The molecule has 0 bridgehead atoms. The minimum absolute atomic E-state index is 0.0352. The zero-order valence-corrected chi connectivity index (χ0v) is 30.0. The third-order valence-corrected chi connectivity index (χ3v) is 8.03. The fourth-order valence-electron chi connectivity index (χ4n) is 5.36. The van der Waals surface area contributed by atoms with Gasteiger partial charge in [0.15, 0.2) is 5.96 Å². The highest BCUT2D eigenvalue weighted by Gasteiger charge is 2.21. The third kappa shape index (κ3) is 12.0. The van der Waals surface area contributed by atoms with E-state index in [1.165, 1.54) is 0 Å². The van der Waals surface area contributed by atoms with Gasteiger partial charge in [0, 0.05) is 35.8 Å². The Bertz CT molecular complexity index is 1730. The number of hydrogen-bond acceptors (Lipinski definition) is 6. The number of nitrogens with one attached hydrogen (secondary N) is 2. The topological polar surface area (TPSA) is 162 Å². The molecule has 0 aliphatic heterocycles. The Morgan fingerprint density at radius 3 is 2.29 bits per heavy atom. The summed E-state index contributed by atoms with van der Waals surface area (Å²) in [5, 5.41) is 4.27. The number of alkyl halides is 2. The number of unbranched alkanes of at least 4 members (excludes halogenated alkanes) is 1. The van der Waals surface area contributed by atoms with Gasteiger partial charge in [-0.25, -0.2) is 4.79 Å². The van der Waals surface area contributed by atoms with Crippen molar-refractivity contribution in [2.75, 3.05) is 19.6 Å². The first-order valence-electron chi connectivity index (χ1n) is 16.8. The lowest BCUT2D eigenvalue weighted by Gasteiger charge is -2.24. The number of aromatic nitrogens is 3. The van der Waals surface area contributed by atoms with Crippen LogP contribution in [-0.4, -0.2) is 46.7 Å². The lowest BCUT2D eigenvalue weighted by molar-refractivity contribution is -0.0504. The zero-order chi connectivity index (χ0) is 36.4. The number of nitrogens with zero attached hydrogens (tertiary/aromatic N) is 3. The van der Waals surface area contributed by atoms with E-state index in [9.17, 15) is 13.6 Å². The molecule has 0 atom stereocenters. The number of H-pyrrole nitrogens is 1. The molecule has 4 aromatic rings.